The molecule has 0 bridgehead atoms. The highest BCUT2D eigenvalue weighted by atomic mass is 32.2. The van der Waals surface area contributed by atoms with Gasteiger partial charge in [0.2, 0.25) is 0 Å². The largest absolute Gasteiger partial charge is 0.311 e. The second kappa shape index (κ2) is 7.57. The highest BCUT2D eigenvalue weighted by Crippen LogP contribution is 2.17. The topological polar surface area (TPSA) is 12.0 Å². The third-order valence-corrected chi connectivity index (χ3v) is 3.64. The summed E-state index contributed by atoms with van der Waals surface area (Å²) >= 11 is 1.78. The molecule has 17 heavy (non-hydrogen) atoms. The van der Waals surface area contributed by atoms with Gasteiger partial charge in [-0.2, -0.15) is 0 Å². The van der Waals surface area contributed by atoms with Crippen molar-refractivity contribution in [1.82, 2.24) is 5.32 Å². The molecule has 0 aromatic heterocycles. The fourth-order valence-corrected chi connectivity index (χ4v) is 2.02. The van der Waals surface area contributed by atoms with Crippen molar-refractivity contribution in [3.63, 3.8) is 0 Å². The molecular weight excluding hydrogens is 226 g/mol. The average Bonchev–Trinajstić information content (AvgIpc) is 2.36. The van der Waals surface area contributed by atoms with Crippen LogP contribution in [0.3, 0.4) is 0 Å². The van der Waals surface area contributed by atoms with E-state index in [0.717, 1.165) is 6.54 Å². The lowest BCUT2D eigenvalue weighted by atomic mass is 10.1. The van der Waals surface area contributed by atoms with Crippen LogP contribution in [0.4, 0.5) is 0 Å². The first-order valence-electron chi connectivity index (χ1n) is 6.23. The first-order chi connectivity index (χ1) is 8.17. The molecule has 1 N–H and O–H groups in total. The molecule has 1 aromatic carbocycles. The molecule has 0 spiro atoms. The van der Waals surface area contributed by atoms with Crippen LogP contribution in [0.5, 0.6) is 0 Å². The van der Waals surface area contributed by atoms with Gasteiger partial charge in [0.15, 0.2) is 0 Å². The zero-order valence-corrected chi connectivity index (χ0v) is 12.1. The van der Waals surface area contributed by atoms with Crippen LogP contribution in [0.1, 0.15) is 32.8 Å². The van der Waals surface area contributed by atoms with E-state index in [-0.39, 0.29) is 0 Å². The van der Waals surface area contributed by atoms with Crippen molar-refractivity contribution >= 4 is 17.8 Å². The Morgan fingerprint density at radius 1 is 1.35 bits per heavy atom. The maximum Gasteiger partial charge on any atom is 0.0251 e. The normalized spacial score (nSPS) is 13.8. The van der Waals surface area contributed by atoms with Crippen LogP contribution in [0, 0.1) is 0 Å². The minimum atomic E-state index is 0.454. The smallest absolute Gasteiger partial charge is 0.0251 e. The predicted octanol–water partition coefficient (Wildman–Crippen LogP) is 4.20. The molecule has 0 aliphatic carbocycles. The Morgan fingerprint density at radius 2 is 2.00 bits per heavy atom. The van der Waals surface area contributed by atoms with Crippen molar-refractivity contribution < 1.29 is 0 Å². The molecule has 0 saturated heterocycles. The second-order valence-corrected chi connectivity index (χ2v) is 5.22. The van der Waals surface area contributed by atoms with Gasteiger partial charge < -0.3 is 5.32 Å². The van der Waals surface area contributed by atoms with Gasteiger partial charge >= 0.3 is 0 Å². The van der Waals surface area contributed by atoms with Gasteiger partial charge in [-0.05, 0) is 50.8 Å². The third-order valence-electron chi connectivity index (χ3n) is 2.89. The third kappa shape index (κ3) is 4.97. The van der Waals surface area contributed by atoms with E-state index in [1.807, 2.05) is 0 Å². The Labute approximate surface area is 110 Å². The summed E-state index contributed by atoms with van der Waals surface area (Å²) in [5, 5.41) is 3.50. The lowest BCUT2D eigenvalue weighted by Gasteiger charge is -2.14. The predicted molar refractivity (Wildman–Crippen MR) is 79.6 cm³/mol. The molecule has 1 unspecified atom stereocenters. The van der Waals surface area contributed by atoms with Crippen LogP contribution in [0.2, 0.25) is 0 Å². The zero-order chi connectivity index (χ0) is 12.7. The van der Waals surface area contributed by atoms with Gasteiger partial charge in [0, 0.05) is 10.9 Å². The lowest BCUT2D eigenvalue weighted by molar-refractivity contribution is 0.604. The minimum Gasteiger partial charge on any atom is -0.311 e. The molecule has 0 aliphatic rings. The van der Waals surface area contributed by atoms with Gasteiger partial charge in [0.1, 0.15) is 0 Å². The molecule has 0 radical (unpaired) electrons. The maximum absolute atomic E-state index is 3.50. The number of benzene rings is 1. The molecule has 0 saturated carbocycles. The van der Waals surface area contributed by atoms with Gasteiger partial charge in [-0.25, -0.2) is 0 Å². The summed E-state index contributed by atoms with van der Waals surface area (Å²) in [6.07, 6.45) is 5.55. The van der Waals surface area contributed by atoms with Gasteiger partial charge in [0.25, 0.3) is 0 Å². The first kappa shape index (κ1) is 14.3. The van der Waals surface area contributed by atoms with Crippen LogP contribution >= 0.6 is 11.8 Å². The summed E-state index contributed by atoms with van der Waals surface area (Å²) in [6.45, 7) is 7.69. The van der Waals surface area contributed by atoms with Crippen LogP contribution in [0.15, 0.2) is 34.7 Å². The van der Waals surface area contributed by atoms with Gasteiger partial charge in [-0.3, -0.25) is 0 Å². The summed E-state index contributed by atoms with van der Waals surface area (Å²) in [5.41, 5.74) is 2.67. The molecule has 1 rings (SSSR count). The van der Waals surface area contributed by atoms with E-state index in [0.29, 0.717) is 6.04 Å². The van der Waals surface area contributed by atoms with Crippen LogP contribution in [-0.2, 0) is 0 Å². The molecule has 1 aromatic rings. The molecule has 1 nitrogen and oxygen atoms in total. The molecule has 0 heterocycles. The number of nitrogens with one attached hydrogen (secondary N) is 1. The number of hydrogen-bond donors (Lipinski definition) is 1. The first-order valence-corrected chi connectivity index (χ1v) is 7.45. The van der Waals surface area contributed by atoms with E-state index in [2.05, 4.69) is 62.7 Å². The molecule has 1 atom stereocenters. The quantitative estimate of drug-likeness (QED) is 0.758. The number of hydrogen-bond acceptors (Lipinski definition) is 2. The van der Waals surface area contributed by atoms with Crippen molar-refractivity contribution in [2.45, 2.75) is 38.1 Å². The highest BCUT2D eigenvalue weighted by Gasteiger charge is 2.02. The Hall–Kier alpha value is -0.730. The Balaban J connectivity index is 2.65. The molecule has 0 fully saturated rings. The Kier molecular flexibility index (Phi) is 6.38. The van der Waals surface area contributed by atoms with Crippen LogP contribution in [-0.4, -0.2) is 18.8 Å². The molecular formula is C15H23NS. The van der Waals surface area contributed by atoms with E-state index >= 15 is 0 Å². The van der Waals surface area contributed by atoms with Crippen molar-refractivity contribution in [1.29, 1.82) is 0 Å². The highest BCUT2D eigenvalue weighted by molar-refractivity contribution is 7.98. The zero-order valence-electron chi connectivity index (χ0n) is 11.3. The number of rotatable bonds is 6. The average molecular weight is 249 g/mol. The molecule has 2 heteroatoms. The summed E-state index contributed by atoms with van der Waals surface area (Å²) < 4.78 is 0. The maximum atomic E-state index is 3.50. The van der Waals surface area contributed by atoms with Gasteiger partial charge in [-0.1, -0.05) is 30.7 Å². The lowest BCUT2D eigenvalue weighted by Crippen LogP contribution is -2.27. The monoisotopic (exact) mass is 249 g/mol. The number of thioether (sulfide) groups is 1. The van der Waals surface area contributed by atoms with E-state index < -0.39 is 0 Å². The van der Waals surface area contributed by atoms with E-state index in [1.54, 1.807) is 11.8 Å². The van der Waals surface area contributed by atoms with E-state index in [4.69, 9.17) is 0 Å². The van der Waals surface area contributed by atoms with Crippen LogP contribution in [0.25, 0.3) is 6.08 Å². The van der Waals surface area contributed by atoms with Gasteiger partial charge in [-0.15, -0.1) is 11.8 Å². The van der Waals surface area contributed by atoms with Crippen molar-refractivity contribution in [2.75, 3.05) is 12.8 Å². The van der Waals surface area contributed by atoms with Crippen molar-refractivity contribution in [3.05, 3.63) is 35.4 Å². The Morgan fingerprint density at radius 3 is 2.53 bits per heavy atom. The fourth-order valence-electron chi connectivity index (χ4n) is 1.61. The summed E-state index contributed by atoms with van der Waals surface area (Å²) in [7, 11) is 0. The van der Waals surface area contributed by atoms with E-state index in [9.17, 15) is 0 Å². The van der Waals surface area contributed by atoms with Crippen molar-refractivity contribution in [2.24, 2.45) is 0 Å². The van der Waals surface area contributed by atoms with Gasteiger partial charge in [0.05, 0.1) is 0 Å². The summed E-state index contributed by atoms with van der Waals surface area (Å²) in [6, 6.07) is 9.17. The standard InChI is InChI=1S/C15H23NS/c1-5-10-16-13(3)12(2)11-14-6-8-15(17-4)9-7-14/h6-9,11,13,16H,5,10H2,1-4H3/b12-11+. The second-order valence-electron chi connectivity index (χ2n) is 4.34. The Bertz CT molecular complexity index is 354. The minimum absolute atomic E-state index is 0.454. The van der Waals surface area contributed by atoms with E-state index in [1.165, 1.54) is 22.5 Å². The summed E-state index contributed by atoms with van der Waals surface area (Å²) in [5.74, 6) is 0. The van der Waals surface area contributed by atoms with Crippen molar-refractivity contribution in [3.8, 4) is 0 Å². The fraction of sp³-hybridized carbons (Fsp3) is 0.467. The SMILES string of the molecule is CCCNC(C)/C(C)=C/c1ccc(SC)cc1. The molecule has 0 amide bonds. The van der Waals surface area contributed by atoms with Crippen LogP contribution < -0.4 is 5.32 Å². The molecule has 0 aliphatic heterocycles. The molecule has 94 valence electrons. The summed E-state index contributed by atoms with van der Waals surface area (Å²) in [4.78, 5) is 1.32.